The molecular formula is C30H36N4O5. The number of nitrogens with zero attached hydrogens (tertiary/aromatic N) is 3. The Bertz CT molecular complexity index is 1320. The topological polar surface area (TPSA) is 94.9 Å². The number of benzene rings is 2. The van der Waals surface area contributed by atoms with E-state index in [0.29, 0.717) is 28.5 Å². The number of carbonyl (C=O) groups is 2. The first-order valence-corrected chi connectivity index (χ1v) is 13.6. The van der Waals surface area contributed by atoms with Gasteiger partial charge in [0.25, 0.3) is 5.91 Å². The van der Waals surface area contributed by atoms with Crippen molar-refractivity contribution in [3.8, 4) is 17.2 Å². The molecule has 3 aromatic rings. The van der Waals surface area contributed by atoms with Gasteiger partial charge in [-0.1, -0.05) is 43.5 Å². The van der Waals surface area contributed by atoms with E-state index in [1.807, 2.05) is 62.6 Å². The second-order valence-corrected chi connectivity index (χ2v) is 10.3. The number of hydrogen-bond acceptors (Lipinski definition) is 6. The van der Waals surface area contributed by atoms with Gasteiger partial charge < -0.3 is 24.4 Å². The van der Waals surface area contributed by atoms with Gasteiger partial charge in [-0.15, -0.1) is 0 Å². The summed E-state index contributed by atoms with van der Waals surface area (Å²) in [5.74, 6) is 1.22. The number of methoxy groups -OCH3 is 1. The maximum atomic E-state index is 14.3. The van der Waals surface area contributed by atoms with Gasteiger partial charge in [0.2, 0.25) is 12.0 Å². The van der Waals surface area contributed by atoms with E-state index in [-0.39, 0.29) is 31.0 Å². The fraction of sp³-hybridized carbons (Fsp3) is 0.433. The number of aryl methyl sites for hydroxylation is 2. The van der Waals surface area contributed by atoms with E-state index in [1.165, 1.54) is 6.42 Å². The van der Waals surface area contributed by atoms with Crippen molar-refractivity contribution in [3.05, 3.63) is 71.5 Å². The Balaban J connectivity index is 1.52. The van der Waals surface area contributed by atoms with Gasteiger partial charge in [-0.2, -0.15) is 5.10 Å². The molecule has 1 saturated carbocycles. The minimum absolute atomic E-state index is 0.0491. The van der Waals surface area contributed by atoms with E-state index in [9.17, 15) is 9.59 Å². The third-order valence-electron chi connectivity index (χ3n) is 7.41. The minimum atomic E-state index is -0.910. The molecule has 0 radical (unpaired) electrons. The van der Waals surface area contributed by atoms with Crippen LogP contribution in [0, 0.1) is 6.92 Å². The molecule has 1 aliphatic heterocycles. The highest BCUT2D eigenvalue weighted by molar-refractivity contribution is 5.91. The smallest absolute Gasteiger partial charge is 0.268 e. The number of aromatic nitrogens is 2. The molecule has 1 aliphatic carbocycles. The standard InChI is InChI=1S/C30H36N4O5/c1-20-24(18-33(2)32-20)28(29(35)31-22-11-5-4-6-12-22)34(17-21-10-9-13-23(16-21)37-3)30(36)27-19-38-25-14-7-8-15-26(25)39-27/h7-10,13-16,18,22,27-28H,4-6,11-12,17,19H2,1-3H3,(H,31,35). The van der Waals surface area contributed by atoms with Crippen LogP contribution in [0.2, 0.25) is 0 Å². The number of carbonyl (C=O) groups excluding carboxylic acids is 2. The van der Waals surface area contributed by atoms with E-state index < -0.39 is 12.1 Å². The number of amides is 2. The molecule has 9 nitrogen and oxygen atoms in total. The van der Waals surface area contributed by atoms with Crippen molar-refractivity contribution < 1.29 is 23.8 Å². The summed E-state index contributed by atoms with van der Waals surface area (Å²) in [7, 11) is 3.42. The van der Waals surface area contributed by atoms with Crippen LogP contribution in [0.4, 0.5) is 0 Å². The van der Waals surface area contributed by atoms with Crippen molar-refractivity contribution in [1.82, 2.24) is 20.0 Å². The summed E-state index contributed by atoms with van der Waals surface area (Å²) >= 11 is 0. The number of fused-ring (bicyclic) bond motifs is 1. The predicted octanol–water partition coefficient (Wildman–Crippen LogP) is 4.10. The van der Waals surface area contributed by atoms with Crippen LogP contribution in [0.25, 0.3) is 0 Å². The molecule has 0 spiro atoms. The van der Waals surface area contributed by atoms with Crippen molar-refractivity contribution in [3.63, 3.8) is 0 Å². The number of para-hydroxylation sites is 2. The molecule has 0 bridgehead atoms. The van der Waals surface area contributed by atoms with Crippen LogP contribution in [0.3, 0.4) is 0 Å². The third-order valence-corrected chi connectivity index (χ3v) is 7.41. The third kappa shape index (κ3) is 6.02. The molecule has 2 heterocycles. The maximum Gasteiger partial charge on any atom is 0.268 e. The first-order valence-electron chi connectivity index (χ1n) is 13.6. The molecule has 2 unspecified atom stereocenters. The molecule has 2 atom stereocenters. The highest BCUT2D eigenvalue weighted by Crippen LogP contribution is 2.34. The number of rotatable bonds is 8. The van der Waals surface area contributed by atoms with E-state index >= 15 is 0 Å². The number of ether oxygens (including phenoxy) is 3. The van der Waals surface area contributed by atoms with Crippen molar-refractivity contribution in [1.29, 1.82) is 0 Å². The van der Waals surface area contributed by atoms with E-state index in [4.69, 9.17) is 14.2 Å². The minimum Gasteiger partial charge on any atom is -0.497 e. The zero-order valence-electron chi connectivity index (χ0n) is 22.8. The van der Waals surface area contributed by atoms with E-state index in [2.05, 4.69) is 10.4 Å². The Hall–Kier alpha value is -4.01. The second kappa shape index (κ2) is 11.8. The van der Waals surface area contributed by atoms with E-state index in [0.717, 1.165) is 31.2 Å². The maximum absolute atomic E-state index is 14.3. The van der Waals surface area contributed by atoms with Crippen LogP contribution in [0.15, 0.2) is 54.7 Å². The second-order valence-electron chi connectivity index (χ2n) is 10.3. The molecular weight excluding hydrogens is 496 g/mol. The van der Waals surface area contributed by atoms with Crippen molar-refractivity contribution in [2.75, 3.05) is 13.7 Å². The summed E-state index contributed by atoms with van der Waals surface area (Å²) in [6, 6.07) is 14.0. The zero-order chi connectivity index (χ0) is 27.4. The molecule has 206 valence electrons. The summed E-state index contributed by atoms with van der Waals surface area (Å²) in [4.78, 5) is 30.0. The predicted molar refractivity (Wildman–Crippen MR) is 146 cm³/mol. The summed E-state index contributed by atoms with van der Waals surface area (Å²) < 4.78 is 19.1. The first kappa shape index (κ1) is 26.6. The van der Waals surface area contributed by atoms with Crippen molar-refractivity contribution >= 4 is 11.8 Å². The fourth-order valence-corrected chi connectivity index (χ4v) is 5.45. The highest BCUT2D eigenvalue weighted by Gasteiger charge is 2.40. The molecule has 1 aromatic heterocycles. The normalized spacial score (nSPS) is 17.8. The van der Waals surface area contributed by atoms with Crippen LogP contribution < -0.4 is 19.5 Å². The molecule has 0 saturated heterocycles. The average molecular weight is 533 g/mol. The Kier molecular flexibility index (Phi) is 8.05. The lowest BCUT2D eigenvalue weighted by atomic mass is 9.94. The van der Waals surface area contributed by atoms with Crippen LogP contribution in [0.5, 0.6) is 17.2 Å². The van der Waals surface area contributed by atoms with Crippen LogP contribution in [0.1, 0.15) is 55.0 Å². The van der Waals surface area contributed by atoms with Gasteiger partial charge in [0.05, 0.1) is 12.8 Å². The Morgan fingerprint density at radius 2 is 1.90 bits per heavy atom. The molecule has 2 aromatic carbocycles. The summed E-state index contributed by atoms with van der Waals surface area (Å²) in [5.41, 5.74) is 2.20. The van der Waals surface area contributed by atoms with Crippen molar-refractivity contribution in [2.24, 2.45) is 7.05 Å². The summed E-state index contributed by atoms with van der Waals surface area (Å²) in [6.07, 6.45) is 6.13. The molecule has 9 heteroatoms. The molecule has 39 heavy (non-hydrogen) atoms. The summed E-state index contributed by atoms with van der Waals surface area (Å²) in [5, 5.41) is 7.75. The molecule has 1 fully saturated rings. The van der Waals surface area contributed by atoms with Gasteiger partial charge in [-0.05, 0) is 49.6 Å². The quantitative estimate of drug-likeness (QED) is 0.470. The largest absolute Gasteiger partial charge is 0.497 e. The lowest BCUT2D eigenvalue weighted by Crippen LogP contribution is -2.52. The zero-order valence-corrected chi connectivity index (χ0v) is 22.8. The van der Waals surface area contributed by atoms with Crippen LogP contribution in [-0.2, 0) is 23.2 Å². The Morgan fingerprint density at radius 3 is 2.62 bits per heavy atom. The number of hydrogen-bond donors (Lipinski definition) is 1. The molecule has 2 aliphatic rings. The molecule has 5 rings (SSSR count). The van der Waals surface area contributed by atoms with Gasteiger partial charge in [-0.3, -0.25) is 14.3 Å². The van der Waals surface area contributed by atoms with Crippen LogP contribution >= 0.6 is 0 Å². The lowest BCUT2D eigenvalue weighted by molar-refractivity contribution is -0.149. The monoisotopic (exact) mass is 532 g/mol. The SMILES string of the molecule is COc1cccc(CN(C(=O)C2COc3ccccc3O2)C(C(=O)NC2CCCCC2)c2cn(C)nc2C)c1. The number of nitrogens with one attached hydrogen (secondary N) is 1. The van der Waals surface area contributed by atoms with E-state index in [1.54, 1.807) is 22.8 Å². The fourth-order valence-electron chi connectivity index (χ4n) is 5.45. The lowest BCUT2D eigenvalue weighted by Gasteiger charge is -2.36. The van der Waals surface area contributed by atoms with Gasteiger partial charge in [-0.25, -0.2) is 0 Å². The highest BCUT2D eigenvalue weighted by atomic mass is 16.6. The first-order chi connectivity index (χ1) is 18.9. The summed E-state index contributed by atoms with van der Waals surface area (Å²) in [6.45, 7) is 2.09. The average Bonchev–Trinajstić information content (AvgIpc) is 3.29. The Morgan fingerprint density at radius 1 is 1.13 bits per heavy atom. The molecule has 1 N–H and O–H groups in total. The van der Waals surface area contributed by atoms with Gasteiger partial charge in [0.1, 0.15) is 18.4 Å². The van der Waals surface area contributed by atoms with Gasteiger partial charge in [0.15, 0.2) is 11.5 Å². The van der Waals surface area contributed by atoms with Crippen molar-refractivity contribution in [2.45, 2.75) is 63.8 Å². The Labute approximate surface area is 229 Å². The van der Waals surface area contributed by atoms with Gasteiger partial charge in [0, 0.05) is 31.4 Å². The molecule has 2 amide bonds. The van der Waals surface area contributed by atoms with Crippen LogP contribution in [-0.4, -0.2) is 52.4 Å². The van der Waals surface area contributed by atoms with Gasteiger partial charge >= 0.3 is 0 Å².